The molecule has 0 spiro atoms. The van der Waals surface area contributed by atoms with Crippen molar-refractivity contribution in [1.29, 1.82) is 0 Å². The van der Waals surface area contributed by atoms with Crippen LogP contribution < -0.4 is 0 Å². The van der Waals surface area contributed by atoms with Gasteiger partial charge in [0.2, 0.25) is 0 Å². The number of hydrogen-bond donors (Lipinski definition) is 0. The lowest BCUT2D eigenvalue weighted by Gasteiger charge is -2.09. The maximum absolute atomic E-state index is 3.24. The second kappa shape index (κ2) is 4.19. The average molecular weight is 191 g/mol. The molecule has 0 bridgehead atoms. The van der Waals surface area contributed by atoms with Crippen molar-refractivity contribution in [3.05, 3.63) is 29.8 Å². The zero-order valence-corrected chi connectivity index (χ0v) is 8.86. The predicted octanol–water partition coefficient (Wildman–Crippen LogP) is 3.87. The normalized spacial score (nSPS) is 17.9. The summed E-state index contributed by atoms with van der Waals surface area (Å²) in [6.45, 7) is 0. The van der Waals surface area contributed by atoms with E-state index in [0.29, 0.717) is 0 Å². The minimum atomic E-state index is 0.834. The van der Waals surface area contributed by atoms with Crippen LogP contribution in [0.3, 0.4) is 0 Å². The minimum Gasteiger partial charge on any atom is -0.129 e. The van der Waals surface area contributed by atoms with Crippen LogP contribution in [0.4, 0.5) is 0 Å². The van der Waals surface area contributed by atoms with Crippen molar-refractivity contribution < 1.29 is 0 Å². The van der Waals surface area contributed by atoms with E-state index >= 15 is 0 Å². The van der Waals surface area contributed by atoms with Crippen molar-refractivity contribution in [3.8, 4) is 0 Å². The molecule has 0 aromatic heterocycles. The molecule has 0 aliphatic heterocycles. The fourth-order valence-electron chi connectivity index (χ4n) is 2.09. The first-order valence-electron chi connectivity index (χ1n) is 4.96. The number of rotatable bonds is 2. The highest BCUT2D eigenvalue weighted by atomic mass is 32.2. The van der Waals surface area contributed by atoms with Crippen LogP contribution in [0.5, 0.6) is 0 Å². The van der Waals surface area contributed by atoms with Crippen LogP contribution >= 0.6 is 11.8 Å². The maximum atomic E-state index is 3.24. The van der Waals surface area contributed by atoms with Crippen LogP contribution in [0.25, 0.3) is 0 Å². The van der Waals surface area contributed by atoms with Crippen LogP contribution in [0.1, 0.15) is 37.2 Å². The molecule has 1 aromatic carbocycles. The first-order chi connectivity index (χ1) is 6.40. The molecule has 0 heterocycles. The van der Waals surface area contributed by atoms with Gasteiger partial charge < -0.3 is 0 Å². The highest BCUT2D eigenvalue weighted by molar-refractivity contribution is 7.98. The Bertz CT molecular complexity index is 274. The molecule has 0 N–H and O–H groups in total. The van der Waals surface area contributed by atoms with E-state index in [1.54, 1.807) is 11.8 Å². The average Bonchev–Trinajstić information content (AvgIpc) is 2.71. The summed E-state index contributed by atoms with van der Waals surface area (Å²) in [4.78, 5) is 1.28. The summed E-state index contributed by atoms with van der Waals surface area (Å²) < 4.78 is 0. The summed E-state index contributed by atoms with van der Waals surface area (Å²) in [6.07, 6.45) is 7.72. The van der Waals surface area contributed by atoms with Gasteiger partial charge >= 0.3 is 0 Å². The van der Waals surface area contributed by atoms with Gasteiger partial charge in [0.1, 0.15) is 0 Å². The SMILES string of the molecule is CSc1[c]ccc(C2CCCC2)c1. The standard InChI is InChI=1S/C12H15S/c1-13-12-8-4-7-11(9-12)10-5-2-3-6-10/h4,7,9-10H,2-3,5-6H2,1H3. The molecule has 13 heavy (non-hydrogen) atoms. The molecule has 1 aromatic rings. The van der Waals surface area contributed by atoms with E-state index in [1.165, 1.54) is 36.1 Å². The lowest BCUT2D eigenvalue weighted by Crippen LogP contribution is -1.91. The first kappa shape index (κ1) is 9.14. The van der Waals surface area contributed by atoms with Gasteiger partial charge in [0.25, 0.3) is 0 Å². The quantitative estimate of drug-likeness (QED) is 0.639. The third kappa shape index (κ3) is 2.08. The summed E-state index contributed by atoms with van der Waals surface area (Å²) in [7, 11) is 0. The van der Waals surface area contributed by atoms with E-state index in [4.69, 9.17) is 0 Å². The van der Waals surface area contributed by atoms with Crippen LogP contribution in [-0.4, -0.2) is 6.26 Å². The number of benzene rings is 1. The lowest BCUT2D eigenvalue weighted by atomic mass is 9.98. The fraction of sp³-hybridized carbons (Fsp3) is 0.500. The molecule has 0 atom stereocenters. The van der Waals surface area contributed by atoms with Crippen LogP contribution in [0.15, 0.2) is 23.1 Å². The van der Waals surface area contributed by atoms with Crippen LogP contribution in [-0.2, 0) is 0 Å². The third-order valence-electron chi connectivity index (χ3n) is 2.85. The highest BCUT2D eigenvalue weighted by Crippen LogP contribution is 2.34. The minimum absolute atomic E-state index is 0.834. The smallest absolute Gasteiger partial charge is 0.0151 e. The fourth-order valence-corrected chi connectivity index (χ4v) is 2.53. The van der Waals surface area contributed by atoms with Crippen molar-refractivity contribution in [1.82, 2.24) is 0 Å². The van der Waals surface area contributed by atoms with Crippen molar-refractivity contribution in [2.75, 3.05) is 6.26 Å². The zero-order chi connectivity index (χ0) is 9.10. The molecule has 1 aliphatic carbocycles. The molecule has 2 rings (SSSR count). The Labute approximate surface area is 84.7 Å². The largest absolute Gasteiger partial charge is 0.129 e. The van der Waals surface area contributed by atoms with Gasteiger partial charge in [0.05, 0.1) is 0 Å². The van der Waals surface area contributed by atoms with E-state index in [9.17, 15) is 0 Å². The summed E-state index contributed by atoms with van der Waals surface area (Å²) in [5.41, 5.74) is 1.53. The Hall–Kier alpha value is -0.430. The van der Waals surface area contributed by atoms with Gasteiger partial charge in [-0.3, -0.25) is 0 Å². The van der Waals surface area contributed by atoms with E-state index in [-0.39, 0.29) is 0 Å². The topological polar surface area (TPSA) is 0 Å². The van der Waals surface area contributed by atoms with Gasteiger partial charge in [-0.1, -0.05) is 25.0 Å². The zero-order valence-electron chi connectivity index (χ0n) is 8.05. The van der Waals surface area contributed by atoms with Gasteiger partial charge in [0.15, 0.2) is 0 Å². The Kier molecular flexibility index (Phi) is 2.94. The summed E-state index contributed by atoms with van der Waals surface area (Å²) >= 11 is 1.79. The first-order valence-corrected chi connectivity index (χ1v) is 6.18. The van der Waals surface area contributed by atoms with Crippen LogP contribution in [0, 0.1) is 6.07 Å². The Balaban J connectivity index is 2.18. The van der Waals surface area contributed by atoms with Crippen LogP contribution in [0.2, 0.25) is 0 Å². The van der Waals surface area contributed by atoms with Gasteiger partial charge in [-0.2, -0.15) is 0 Å². The Morgan fingerprint density at radius 2 is 2.15 bits per heavy atom. The summed E-state index contributed by atoms with van der Waals surface area (Å²) in [6, 6.07) is 9.85. The number of hydrogen-bond acceptors (Lipinski definition) is 1. The second-order valence-electron chi connectivity index (χ2n) is 3.67. The van der Waals surface area contributed by atoms with E-state index < -0.39 is 0 Å². The van der Waals surface area contributed by atoms with E-state index in [1.807, 2.05) is 0 Å². The molecule has 1 aliphatic rings. The van der Waals surface area contributed by atoms with E-state index in [0.717, 1.165) is 5.92 Å². The van der Waals surface area contributed by atoms with Crippen molar-refractivity contribution in [2.24, 2.45) is 0 Å². The number of thioether (sulfide) groups is 1. The molecule has 1 heteroatoms. The maximum Gasteiger partial charge on any atom is 0.0151 e. The van der Waals surface area contributed by atoms with Crippen molar-refractivity contribution in [3.63, 3.8) is 0 Å². The van der Waals surface area contributed by atoms with Crippen molar-refractivity contribution >= 4 is 11.8 Å². The van der Waals surface area contributed by atoms with Gasteiger partial charge in [0, 0.05) is 4.90 Å². The predicted molar refractivity (Wildman–Crippen MR) is 58.3 cm³/mol. The molecule has 1 fully saturated rings. The van der Waals surface area contributed by atoms with Crippen molar-refractivity contribution in [2.45, 2.75) is 36.5 Å². The molecule has 0 nitrogen and oxygen atoms in total. The summed E-state index contributed by atoms with van der Waals surface area (Å²) in [5.74, 6) is 0.834. The van der Waals surface area contributed by atoms with Gasteiger partial charge in [-0.05, 0) is 42.7 Å². The molecule has 0 unspecified atom stereocenters. The lowest BCUT2D eigenvalue weighted by molar-refractivity contribution is 0.721. The molecule has 69 valence electrons. The molecule has 0 saturated heterocycles. The monoisotopic (exact) mass is 191 g/mol. The van der Waals surface area contributed by atoms with E-state index in [2.05, 4.69) is 30.5 Å². The molecule has 0 amide bonds. The third-order valence-corrected chi connectivity index (χ3v) is 3.52. The highest BCUT2D eigenvalue weighted by Gasteiger charge is 2.16. The van der Waals surface area contributed by atoms with Gasteiger partial charge in [-0.25, -0.2) is 0 Å². The van der Waals surface area contributed by atoms with Gasteiger partial charge in [-0.15, -0.1) is 11.8 Å². The molecule has 1 saturated carbocycles. The Morgan fingerprint density at radius 3 is 2.85 bits per heavy atom. The Morgan fingerprint density at radius 1 is 1.38 bits per heavy atom. The molecule has 1 radical (unpaired) electrons. The molecular weight excluding hydrogens is 176 g/mol. The molecular formula is C12H15S. The second-order valence-corrected chi connectivity index (χ2v) is 4.52. The summed E-state index contributed by atoms with van der Waals surface area (Å²) in [5, 5.41) is 0.